The van der Waals surface area contributed by atoms with Crippen molar-refractivity contribution in [3.8, 4) is 0 Å². The average molecular weight is 305 g/mol. The second kappa shape index (κ2) is 5.77. The lowest BCUT2D eigenvalue weighted by Crippen LogP contribution is -2.38. The van der Waals surface area contributed by atoms with Crippen LogP contribution in [0, 0.1) is 0 Å². The van der Waals surface area contributed by atoms with Crippen LogP contribution in [0.25, 0.3) is 0 Å². The number of fused-ring (bicyclic) bond motifs is 1. The lowest BCUT2D eigenvalue weighted by atomic mass is 10.2. The number of nitrogens with one attached hydrogen (secondary N) is 1. The predicted octanol–water partition coefficient (Wildman–Crippen LogP) is 1.30. The number of carbonyl (C=O) groups excluding carboxylic acids is 1. The van der Waals surface area contributed by atoms with Crippen LogP contribution in [-0.2, 0) is 13.0 Å². The Hall–Kier alpha value is -2.02. The fraction of sp³-hybridized carbons (Fsp3) is 0.357. The number of amides is 1. The Bertz CT molecular complexity index is 709. The lowest BCUT2D eigenvalue weighted by Gasteiger charge is -2.12. The standard InChI is InChI=1S/C14H15N3O3S/c1-9(7-10-3-2-5-20-10)16-12(18)11-8-15-14-17(13(11)19)4-6-21-14/h2-3,5,8-9H,4,6-7H2,1H3,(H,16,18)/t9-/m0/s1. The first-order valence-corrected chi connectivity index (χ1v) is 7.69. The molecule has 1 N–H and O–H groups in total. The van der Waals surface area contributed by atoms with E-state index < -0.39 is 5.91 Å². The SMILES string of the molecule is C[C@@H](Cc1ccco1)NC(=O)c1cnc2n(c1=O)CCS2. The van der Waals surface area contributed by atoms with Crippen LogP contribution >= 0.6 is 11.8 Å². The Morgan fingerprint density at radius 2 is 2.48 bits per heavy atom. The normalized spacial score (nSPS) is 14.7. The third kappa shape index (κ3) is 2.87. The van der Waals surface area contributed by atoms with E-state index >= 15 is 0 Å². The predicted molar refractivity (Wildman–Crippen MR) is 78.6 cm³/mol. The van der Waals surface area contributed by atoms with Crippen molar-refractivity contribution in [1.29, 1.82) is 0 Å². The van der Waals surface area contributed by atoms with Gasteiger partial charge in [0.25, 0.3) is 11.5 Å². The van der Waals surface area contributed by atoms with Gasteiger partial charge in [-0.3, -0.25) is 14.2 Å². The van der Waals surface area contributed by atoms with Crippen LogP contribution in [-0.4, -0.2) is 27.3 Å². The van der Waals surface area contributed by atoms with Gasteiger partial charge in [0.1, 0.15) is 11.3 Å². The number of hydrogen-bond donors (Lipinski definition) is 1. The van der Waals surface area contributed by atoms with Crippen LogP contribution in [0.2, 0.25) is 0 Å². The van der Waals surface area contributed by atoms with Gasteiger partial charge in [-0.05, 0) is 19.1 Å². The molecule has 1 amide bonds. The molecule has 3 heterocycles. The Labute approximate surface area is 125 Å². The van der Waals surface area contributed by atoms with Gasteiger partial charge in [-0.15, -0.1) is 0 Å². The molecule has 0 saturated carbocycles. The fourth-order valence-electron chi connectivity index (χ4n) is 2.26. The van der Waals surface area contributed by atoms with E-state index in [1.165, 1.54) is 18.0 Å². The summed E-state index contributed by atoms with van der Waals surface area (Å²) >= 11 is 1.53. The topological polar surface area (TPSA) is 77.1 Å². The van der Waals surface area contributed by atoms with Gasteiger partial charge >= 0.3 is 0 Å². The van der Waals surface area contributed by atoms with Crippen molar-refractivity contribution >= 4 is 17.7 Å². The van der Waals surface area contributed by atoms with Gasteiger partial charge in [0.2, 0.25) is 0 Å². The molecule has 6 nitrogen and oxygen atoms in total. The molecule has 110 valence electrons. The number of aromatic nitrogens is 2. The molecule has 0 fully saturated rings. The highest BCUT2D eigenvalue weighted by molar-refractivity contribution is 7.99. The molecule has 0 unspecified atom stereocenters. The molecule has 3 rings (SSSR count). The van der Waals surface area contributed by atoms with Gasteiger partial charge in [0, 0.05) is 31.0 Å². The number of carbonyl (C=O) groups is 1. The molecule has 0 spiro atoms. The van der Waals surface area contributed by atoms with E-state index in [9.17, 15) is 9.59 Å². The number of thioether (sulfide) groups is 1. The van der Waals surface area contributed by atoms with Crippen LogP contribution in [0.3, 0.4) is 0 Å². The quantitative estimate of drug-likeness (QED) is 0.862. The maximum Gasteiger partial charge on any atom is 0.267 e. The van der Waals surface area contributed by atoms with Crippen LogP contribution < -0.4 is 10.9 Å². The molecule has 0 bridgehead atoms. The Kier molecular flexibility index (Phi) is 3.83. The van der Waals surface area contributed by atoms with Crippen LogP contribution in [0.15, 0.2) is 39.0 Å². The molecule has 0 radical (unpaired) electrons. The second-order valence-corrected chi connectivity index (χ2v) is 5.98. The van der Waals surface area contributed by atoms with Gasteiger partial charge in [0.15, 0.2) is 5.16 Å². The molecule has 1 aliphatic heterocycles. The molecule has 0 saturated heterocycles. The van der Waals surface area contributed by atoms with Crippen molar-refractivity contribution in [2.45, 2.75) is 31.1 Å². The van der Waals surface area contributed by atoms with E-state index in [-0.39, 0.29) is 17.2 Å². The molecular formula is C14H15N3O3S. The van der Waals surface area contributed by atoms with E-state index in [0.717, 1.165) is 11.5 Å². The summed E-state index contributed by atoms with van der Waals surface area (Å²) in [6.45, 7) is 2.48. The van der Waals surface area contributed by atoms with Crippen molar-refractivity contribution in [1.82, 2.24) is 14.9 Å². The monoisotopic (exact) mass is 305 g/mol. The average Bonchev–Trinajstić information content (AvgIpc) is 3.09. The zero-order valence-electron chi connectivity index (χ0n) is 11.5. The summed E-state index contributed by atoms with van der Waals surface area (Å²) in [5, 5.41) is 3.49. The third-order valence-corrected chi connectivity index (χ3v) is 4.24. The molecule has 1 atom stereocenters. The van der Waals surface area contributed by atoms with Gasteiger partial charge < -0.3 is 9.73 Å². The van der Waals surface area contributed by atoms with Gasteiger partial charge in [0.05, 0.1) is 6.26 Å². The van der Waals surface area contributed by atoms with E-state index in [1.54, 1.807) is 16.9 Å². The van der Waals surface area contributed by atoms with Crippen LogP contribution in [0.4, 0.5) is 0 Å². The Morgan fingerprint density at radius 1 is 1.62 bits per heavy atom. The second-order valence-electron chi connectivity index (χ2n) is 4.92. The van der Waals surface area contributed by atoms with Crippen molar-refractivity contribution in [3.05, 3.63) is 46.3 Å². The molecule has 21 heavy (non-hydrogen) atoms. The molecule has 2 aromatic heterocycles. The summed E-state index contributed by atoms with van der Waals surface area (Å²) < 4.78 is 6.80. The molecule has 1 aliphatic rings. The van der Waals surface area contributed by atoms with Crippen LogP contribution in [0.5, 0.6) is 0 Å². The minimum atomic E-state index is -0.390. The summed E-state index contributed by atoms with van der Waals surface area (Å²) in [6.07, 6.45) is 3.54. The highest BCUT2D eigenvalue weighted by Gasteiger charge is 2.21. The summed E-state index contributed by atoms with van der Waals surface area (Å²) in [4.78, 5) is 28.6. The summed E-state index contributed by atoms with van der Waals surface area (Å²) in [6, 6.07) is 3.53. The first-order valence-electron chi connectivity index (χ1n) is 6.71. The van der Waals surface area contributed by atoms with Crippen molar-refractivity contribution in [2.24, 2.45) is 0 Å². The van der Waals surface area contributed by atoms with E-state index in [0.29, 0.717) is 18.1 Å². The summed E-state index contributed by atoms with van der Waals surface area (Å²) in [5.41, 5.74) is -0.180. The van der Waals surface area contributed by atoms with Crippen molar-refractivity contribution in [3.63, 3.8) is 0 Å². The Balaban J connectivity index is 1.72. The molecule has 0 aliphatic carbocycles. The van der Waals surface area contributed by atoms with Crippen molar-refractivity contribution in [2.75, 3.05) is 5.75 Å². The van der Waals surface area contributed by atoms with Crippen molar-refractivity contribution < 1.29 is 9.21 Å². The van der Waals surface area contributed by atoms with E-state index in [2.05, 4.69) is 10.3 Å². The molecule has 0 aromatic carbocycles. The minimum Gasteiger partial charge on any atom is -0.469 e. The zero-order chi connectivity index (χ0) is 14.8. The van der Waals surface area contributed by atoms with Gasteiger partial charge in [-0.2, -0.15) is 0 Å². The smallest absolute Gasteiger partial charge is 0.267 e. The maximum atomic E-state index is 12.2. The lowest BCUT2D eigenvalue weighted by molar-refractivity contribution is 0.0936. The highest BCUT2D eigenvalue weighted by Crippen LogP contribution is 2.20. The summed E-state index contributed by atoms with van der Waals surface area (Å²) in [5.74, 6) is 1.23. The zero-order valence-corrected chi connectivity index (χ0v) is 12.4. The number of furan rings is 1. The molecule has 2 aromatic rings. The Morgan fingerprint density at radius 3 is 3.24 bits per heavy atom. The minimum absolute atomic E-state index is 0.0903. The number of rotatable bonds is 4. The fourth-order valence-corrected chi connectivity index (χ4v) is 3.17. The maximum absolute atomic E-state index is 12.2. The largest absolute Gasteiger partial charge is 0.469 e. The first-order chi connectivity index (χ1) is 10.1. The number of nitrogens with zero attached hydrogens (tertiary/aromatic N) is 2. The van der Waals surface area contributed by atoms with Gasteiger partial charge in [-0.1, -0.05) is 11.8 Å². The molecule has 7 heteroatoms. The first kappa shape index (κ1) is 13.9. The number of hydrogen-bond acceptors (Lipinski definition) is 5. The van der Waals surface area contributed by atoms with E-state index in [4.69, 9.17) is 4.42 Å². The summed E-state index contributed by atoms with van der Waals surface area (Å²) in [7, 11) is 0. The van der Waals surface area contributed by atoms with E-state index in [1.807, 2.05) is 13.0 Å². The highest BCUT2D eigenvalue weighted by atomic mass is 32.2. The third-order valence-electron chi connectivity index (χ3n) is 3.27. The molecular weight excluding hydrogens is 290 g/mol. The van der Waals surface area contributed by atoms with Crippen LogP contribution in [0.1, 0.15) is 23.0 Å². The van der Waals surface area contributed by atoms with Gasteiger partial charge in [-0.25, -0.2) is 4.98 Å².